The molecule has 0 saturated carbocycles. The highest BCUT2D eigenvalue weighted by Crippen LogP contribution is 2.61. The van der Waals surface area contributed by atoms with Crippen molar-refractivity contribution in [2.24, 2.45) is 0 Å². The average molecular weight is 375 g/mol. The Labute approximate surface area is 145 Å². The van der Waals surface area contributed by atoms with Crippen LogP contribution in [-0.2, 0) is 5.60 Å². The van der Waals surface area contributed by atoms with Crippen LogP contribution in [0.5, 0.6) is 0 Å². The summed E-state index contributed by atoms with van der Waals surface area (Å²) >= 11 is 0.677. The Balaban J connectivity index is 2.12. The third-order valence-corrected chi connectivity index (χ3v) is 5.19. The minimum atomic E-state index is -4.38. The highest BCUT2D eigenvalue weighted by molar-refractivity contribution is 8.07. The van der Waals surface area contributed by atoms with Crippen LogP contribution in [0.4, 0.5) is 22.0 Å². The smallest absolute Gasteiger partial charge is 0.386 e. The van der Waals surface area contributed by atoms with E-state index in [1.165, 1.54) is 32.0 Å². The first-order chi connectivity index (χ1) is 11.5. The molecule has 25 heavy (non-hydrogen) atoms. The summed E-state index contributed by atoms with van der Waals surface area (Å²) in [5.74, 6) is -1.37. The minimum Gasteiger partial charge on any atom is -0.386 e. The Kier molecular flexibility index (Phi) is 4.31. The molecule has 1 saturated heterocycles. The van der Waals surface area contributed by atoms with Crippen LogP contribution in [0, 0.1) is 11.6 Å². The van der Waals surface area contributed by atoms with Crippen molar-refractivity contribution in [2.75, 3.05) is 0 Å². The second kappa shape index (κ2) is 5.95. The zero-order chi connectivity index (χ0) is 18.6. The molecule has 0 aliphatic carbocycles. The monoisotopic (exact) mass is 375 g/mol. The maximum absolute atomic E-state index is 14.8. The van der Waals surface area contributed by atoms with Crippen molar-refractivity contribution in [3.05, 3.63) is 53.2 Å². The lowest BCUT2D eigenvalue weighted by atomic mass is 9.94. The summed E-state index contributed by atoms with van der Waals surface area (Å²) in [6.07, 6.45) is -4.38. The second-order valence-corrected chi connectivity index (χ2v) is 7.63. The minimum absolute atomic E-state index is 0.0465. The summed E-state index contributed by atoms with van der Waals surface area (Å²) in [5, 5.41) is 7.64. The number of hydrogen-bond donors (Lipinski definition) is 1. The summed E-state index contributed by atoms with van der Waals surface area (Å²) in [6.45, 7) is 2.68. The number of nitrogens with zero attached hydrogens (tertiary/aromatic N) is 1. The number of benzene rings is 1. The van der Waals surface area contributed by atoms with E-state index in [0.717, 1.165) is 12.1 Å². The van der Waals surface area contributed by atoms with Crippen molar-refractivity contribution in [1.82, 2.24) is 4.98 Å². The van der Waals surface area contributed by atoms with Gasteiger partial charge in [0.25, 0.3) is 0 Å². The average Bonchev–Trinajstić information content (AvgIpc) is 3.28. The highest BCUT2D eigenvalue weighted by atomic mass is 32.2. The summed E-state index contributed by atoms with van der Waals surface area (Å²) < 4.78 is 66.4. The Morgan fingerprint density at radius 1 is 1.08 bits per heavy atom. The van der Waals surface area contributed by atoms with E-state index in [-0.39, 0.29) is 22.5 Å². The first kappa shape index (κ1) is 18.1. The van der Waals surface area contributed by atoms with Crippen molar-refractivity contribution in [1.29, 1.82) is 0 Å². The van der Waals surface area contributed by atoms with Crippen LogP contribution in [0.3, 0.4) is 0 Å². The van der Waals surface area contributed by atoms with Gasteiger partial charge in [-0.15, -0.1) is 11.8 Å². The molecule has 1 N–H and O–H groups in total. The molecular weight excluding hydrogens is 361 g/mol. The number of alkyl halides is 3. The molecule has 134 valence electrons. The number of aromatic nitrogens is 1. The molecule has 2 aromatic rings. The van der Waals surface area contributed by atoms with Crippen LogP contribution < -0.4 is 0 Å². The number of pyridine rings is 1. The highest BCUT2D eigenvalue weighted by Gasteiger charge is 2.58. The van der Waals surface area contributed by atoms with E-state index in [1.54, 1.807) is 0 Å². The van der Waals surface area contributed by atoms with Gasteiger partial charge in [0.05, 0.1) is 16.5 Å². The zero-order valence-corrected chi connectivity index (χ0v) is 14.1. The van der Waals surface area contributed by atoms with Gasteiger partial charge in [-0.25, -0.2) is 13.8 Å². The predicted molar refractivity (Wildman–Crippen MR) is 85.0 cm³/mol. The van der Waals surface area contributed by atoms with Crippen LogP contribution in [0.1, 0.15) is 30.4 Å². The van der Waals surface area contributed by atoms with E-state index in [0.29, 0.717) is 11.8 Å². The Morgan fingerprint density at radius 3 is 2.16 bits per heavy atom. The van der Waals surface area contributed by atoms with Crippen LogP contribution in [0.15, 0.2) is 30.3 Å². The summed E-state index contributed by atoms with van der Waals surface area (Å²) in [7, 11) is 0. The maximum atomic E-state index is 14.8. The molecule has 2 heterocycles. The van der Waals surface area contributed by atoms with Gasteiger partial charge in [-0.1, -0.05) is 0 Å². The summed E-state index contributed by atoms with van der Waals surface area (Å²) in [6, 6.07) is 5.97. The van der Waals surface area contributed by atoms with Crippen LogP contribution in [0.25, 0.3) is 11.3 Å². The van der Waals surface area contributed by atoms with E-state index in [2.05, 4.69) is 4.98 Å². The fraction of sp³-hybridized carbons (Fsp3) is 0.353. The number of rotatable bonds is 3. The predicted octanol–water partition coefficient (Wildman–Crippen LogP) is 4.97. The molecular formula is C17H14F5NOS. The lowest BCUT2D eigenvalue weighted by molar-refractivity contribution is -0.122. The summed E-state index contributed by atoms with van der Waals surface area (Å²) in [4.78, 5) is 4.04. The fourth-order valence-electron chi connectivity index (χ4n) is 2.53. The number of aliphatic hydroxyl groups is 1. The van der Waals surface area contributed by atoms with Gasteiger partial charge in [0.2, 0.25) is 0 Å². The van der Waals surface area contributed by atoms with Crippen molar-refractivity contribution in [3.8, 4) is 11.3 Å². The van der Waals surface area contributed by atoms with Crippen LogP contribution >= 0.6 is 11.8 Å². The molecule has 1 aromatic heterocycles. The van der Waals surface area contributed by atoms with Crippen molar-refractivity contribution in [3.63, 3.8) is 0 Å². The first-order valence-corrected chi connectivity index (χ1v) is 8.34. The lowest BCUT2D eigenvalue weighted by Crippen LogP contribution is -2.20. The number of hydrogen-bond acceptors (Lipinski definition) is 3. The van der Waals surface area contributed by atoms with Gasteiger partial charge < -0.3 is 5.11 Å². The zero-order valence-electron chi connectivity index (χ0n) is 13.2. The van der Waals surface area contributed by atoms with Crippen molar-refractivity contribution in [2.45, 2.75) is 36.1 Å². The Bertz CT molecular complexity index is 798. The van der Waals surface area contributed by atoms with Crippen molar-refractivity contribution >= 4 is 11.8 Å². The molecule has 0 radical (unpaired) electrons. The van der Waals surface area contributed by atoms with Crippen LogP contribution in [0.2, 0.25) is 0 Å². The molecule has 2 unspecified atom stereocenters. The molecule has 2 atom stereocenters. The lowest BCUT2D eigenvalue weighted by Gasteiger charge is -2.21. The van der Waals surface area contributed by atoms with Crippen LogP contribution in [-0.4, -0.2) is 21.5 Å². The third kappa shape index (κ3) is 3.64. The van der Waals surface area contributed by atoms with E-state index < -0.39 is 33.9 Å². The van der Waals surface area contributed by atoms with Gasteiger partial charge in [-0.2, -0.15) is 13.2 Å². The van der Waals surface area contributed by atoms with Gasteiger partial charge in [0, 0.05) is 11.1 Å². The van der Waals surface area contributed by atoms with Gasteiger partial charge in [0.15, 0.2) is 5.82 Å². The first-order valence-electron chi connectivity index (χ1n) is 7.40. The molecule has 1 aliphatic heterocycles. The van der Waals surface area contributed by atoms with Crippen molar-refractivity contribution < 1.29 is 27.1 Å². The molecule has 1 aliphatic rings. The SMILES string of the molecule is CC(C)(O)c1cc(C2SC2C(F)(F)F)nc(-c2ccc(F)cc2)c1F. The Hall–Kier alpha value is -1.67. The normalized spacial score (nSPS) is 20.6. The van der Waals surface area contributed by atoms with E-state index in [9.17, 15) is 27.1 Å². The molecule has 0 bridgehead atoms. The molecule has 1 aromatic carbocycles. The third-order valence-electron chi connectivity index (χ3n) is 3.86. The molecule has 3 rings (SSSR count). The van der Waals surface area contributed by atoms with Gasteiger partial charge in [0.1, 0.15) is 16.8 Å². The van der Waals surface area contributed by atoms with Gasteiger partial charge in [-0.05, 0) is 44.2 Å². The summed E-state index contributed by atoms with van der Waals surface area (Å²) in [5.41, 5.74) is -1.69. The maximum Gasteiger partial charge on any atom is 0.402 e. The van der Waals surface area contributed by atoms with Gasteiger partial charge in [-0.3, -0.25) is 0 Å². The Morgan fingerprint density at radius 2 is 1.68 bits per heavy atom. The van der Waals surface area contributed by atoms with E-state index in [4.69, 9.17) is 0 Å². The fourth-order valence-corrected chi connectivity index (χ4v) is 3.46. The largest absolute Gasteiger partial charge is 0.402 e. The molecule has 2 nitrogen and oxygen atoms in total. The molecule has 0 spiro atoms. The van der Waals surface area contributed by atoms with E-state index in [1.807, 2.05) is 0 Å². The standard InChI is InChI=1S/C17H14F5NOS/c1-16(2,24)10-7-11(14-15(25-14)17(20,21)22)23-13(12(10)19)8-3-5-9(18)6-4-8/h3-7,14-15,24H,1-2H3. The van der Waals surface area contributed by atoms with E-state index >= 15 is 0 Å². The van der Waals surface area contributed by atoms with Gasteiger partial charge >= 0.3 is 6.18 Å². The number of halogens is 5. The second-order valence-electron chi connectivity index (χ2n) is 6.34. The number of thioether (sulfide) groups is 1. The molecule has 0 amide bonds. The topological polar surface area (TPSA) is 33.1 Å². The molecule has 8 heteroatoms. The quantitative estimate of drug-likeness (QED) is 0.607. The molecule has 1 fully saturated rings.